The molecular weight excluding hydrogens is 412 g/mol. The van der Waals surface area contributed by atoms with Crippen LogP contribution in [0.1, 0.15) is 21.6 Å². The van der Waals surface area contributed by atoms with Crippen LogP contribution in [0.15, 0.2) is 36.5 Å². The first kappa shape index (κ1) is 19.3. The van der Waals surface area contributed by atoms with Gasteiger partial charge in [0.15, 0.2) is 17.5 Å². The number of halogens is 4. The van der Waals surface area contributed by atoms with Gasteiger partial charge in [-0.05, 0) is 36.8 Å². The Kier molecular flexibility index (Phi) is 4.35. The van der Waals surface area contributed by atoms with Crippen molar-refractivity contribution in [2.45, 2.75) is 13.0 Å². The van der Waals surface area contributed by atoms with Gasteiger partial charge >= 0.3 is 0 Å². The van der Waals surface area contributed by atoms with Gasteiger partial charge < -0.3 is 9.88 Å². The molecule has 0 saturated heterocycles. The second kappa shape index (κ2) is 6.97. The molecule has 1 aliphatic heterocycles. The van der Waals surface area contributed by atoms with Crippen molar-refractivity contribution in [3.63, 3.8) is 0 Å². The predicted molar refractivity (Wildman–Crippen MR) is 105 cm³/mol. The third kappa shape index (κ3) is 2.99. The lowest BCUT2D eigenvalue weighted by Gasteiger charge is -2.27. The molecule has 1 N–H and O–H groups in total. The lowest BCUT2D eigenvalue weighted by Crippen LogP contribution is -2.36. The van der Waals surface area contributed by atoms with E-state index in [4.69, 9.17) is 0 Å². The van der Waals surface area contributed by atoms with Gasteiger partial charge in [0.25, 0.3) is 5.91 Å². The molecule has 0 bridgehead atoms. The minimum absolute atomic E-state index is 0.181. The molecule has 0 radical (unpaired) electrons. The van der Waals surface area contributed by atoms with Gasteiger partial charge in [0, 0.05) is 41.9 Å². The summed E-state index contributed by atoms with van der Waals surface area (Å²) >= 11 is 0. The van der Waals surface area contributed by atoms with Gasteiger partial charge in [0.2, 0.25) is 0 Å². The van der Waals surface area contributed by atoms with Gasteiger partial charge in [-0.2, -0.15) is 5.10 Å². The maximum Gasteiger partial charge on any atom is 0.254 e. The van der Waals surface area contributed by atoms with E-state index in [2.05, 4.69) is 10.1 Å². The van der Waals surface area contributed by atoms with Crippen molar-refractivity contribution < 1.29 is 22.4 Å². The van der Waals surface area contributed by atoms with Gasteiger partial charge in [-0.3, -0.25) is 9.48 Å². The summed E-state index contributed by atoms with van der Waals surface area (Å²) in [6.07, 6.45) is 1.98. The van der Waals surface area contributed by atoms with Crippen LogP contribution in [-0.2, 0) is 20.0 Å². The first-order valence-electron chi connectivity index (χ1n) is 9.59. The summed E-state index contributed by atoms with van der Waals surface area (Å²) in [6, 6.07) is 6.23. The number of rotatable bonds is 2. The molecule has 0 fully saturated rings. The number of aryl methyl sites for hydroxylation is 1. The minimum Gasteiger partial charge on any atom is -0.359 e. The first-order valence-corrected chi connectivity index (χ1v) is 9.59. The Morgan fingerprint density at radius 2 is 1.81 bits per heavy atom. The number of hydrogen-bond donors (Lipinski definition) is 1. The van der Waals surface area contributed by atoms with E-state index in [0.717, 1.165) is 17.7 Å². The molecule has 0 spiro atoms. The highest BCUT2D eigenvalue weighted by Gasteiger charge is 2.29. The highest BCUT2D eigenvalue weighted by atomic mass is 19.2. The summed E-state index contributed by atoms with van der Waals surface area (Å²) < 4.78 is 56.3. The van der Waals surface area contributed by atoms with Gasteiger partial charge in [-0.15, -0.1) is 0 Å². The summed E-state index contributed by atoms with van der Waals surface area (Å²) in [6.45, 7) is 0.539. The smallest absolute Gasteiger partial charge is 0.254 e. The largest absolute Gasteiger partial charge is 0.359 e. The number of carbonyl (C=O) groups excluding carboxylic acids is 1. The van der Waals surface area contributed by atoms with Gasteiger partial charge in [0.1, 0.15) is 5.82 Å². The lowest BCUT2D eigenvalue weighted by molar-refractivity contribution is 0.0734. The highest BCUT2D eigenvalue weighted by Crippen LogP contribution is 2.32. The number of aromatic amines is 1. The maximum atomic E-state index is 13.9. The molecule has 1 amide bonds. The van der Waals surface area contributed by atoms with E-state index in [-0.39, 0.29) is 23.5 Å². The number of nitrogens with one attached hydrogen (secondary N) is 1. The monoisotopic (exact) mass is 428 g/mol. The fraction of sp³-hybridized carbons (Fsp3) is 0.182. The number of H-pyrrole nitrogens is 1. The van der Waals surface area contributed by atoms with Gasteiger partial charge in [-0.1, -0.05) is 0 Å². The van der Waals surface area contributed by atoms with E-state index in [1.165, 1.54) is 16.8 Å². The van der Waals surface area contributed by atoms with E-state index < -0.39 is 23.3 Å². The highest BCUT2D eigenvalue weighted by molar-refractivity contribution is 6.06. The van der Waals surface area contributed by atoms with Crippen LogP contribution in [-0.4, -0.2) is 32.1 Å². The third-order valence-electron chi connectivity index (χ3n) is 5.65. The van der Waals surface area contributed by atoms with Crippen molar-refractivity contribution in [2.24, 2.45) is 7.05 Å². The number of carbonyl (C=O) groups is 1. The molecule has 2 aromatic carbocycles. The molecular formula is C22H16F4N4O. The van der Waals surface area contributed by atoms with Gasteiger partial charge in [-0.25, -0.2) is 17.6 Å². The number of nitrogens with zero attached hydrogens (tertiary/aromatic N) is 3. The average Bonchev–Trinajstić information content (AvgIpc) is 3.35. The molecule has 1 aliphatic rings. The predicted octanol–water partition coefficient (Wildman–Crippen LogP) is 4.32. The van der Waals surface area contributed by atoms with E-state index in [1.807, 2.05) is 0 Å². The second-order valence-corrected chi connectivity index (χ2v) is 7.49. The number of amides is 1. The Bertz CT molecular complexity index is 1330. The number of hydrogen-bond acceptors (Lipinski definition) is 2. The van der Waals surface area contributed by atoms with Crippen LogP contribution in [0.3, 0.4) is 0 Å². The van der Waals surface area contributed by atoms with Crippen LogP contribution in [0.4, 0.5) is 17.6 Å². The molecule has 0 atom stereocenters. The first-order chi connectivity index (χ1) is 14.8. The Hall–Kier alpha value is -3.62. The summed E-state index contributed by atoms with van der Waals surface area (Å²) in [5.41, 5.74) is 2.65. The molecule has 3 heterocycles. The Labute approximate surface area is 173 Å². The minimum atomic E-state index is -1.52. The standard InChI is InChI=1S/C22H16F4N4O/c1-29-21(11-8-16(24)19(26)17(25)9-11)14-5-7-30(10-18(14)28-29)22(31)13-2-3-15(23)20-12(13)4-6-27-20/h2-4,6,8-9,27H,5,7,10H2,1H3. The Morgan fingerprint density at radius 1 is 1.06 bits per heavy atom. The zero-order chi connectivity index (χ0) is 21.9. The van der Waals surface area contributed by atoms with Crippen LogP contribution in [0.2, 0.25) is 0 Å². The SMILES string of the molecule is Cn1nc2c(c1-c1cc(F)c(F)c(F)c1)CCN(C(=O)c1ccc(F)c3[nH]ccc13)C2. The Balaban J connectivity index is 1.49. The van der Waals surface area contributed by atoms with Crippen molar-refractivity contribution in [1.82, 2.24) is 19.7 Å². The van der Waals surface area contributed by atoms with Crippen LogP contribution in [0.5, 0.6) is 0 Å². The fourth-order valence-electron chi connectivity index (χ4n) is 4.22. The summed E-state index contributed by atoms with van der Waals surface area (Å²) in [5, 5.41) is 4.92. The van der Waals surface area contributed by atoms with Crippen molar-refractivity contribution in [3.05, 3.63) is 76.6 Å². The summed E-state index contributed by atoms with van der Waals surface area (Å²) in [4.78, 5) is 17.5. The quantitative estimate of drug-likeness (QED) is 0.382. The second-order valence-electron chi connectivity index (χ2n) is 7.49. The topological polar surface area (TPSA) is 53.9 Å². The van der Waals surface area contributed by atoms with Crippen molar-refractivity contribution in [3.8, 4) is 11.3 Å². The molecule has 4 aromatic rings. The zero-order valence-corrected chi connectivity index (χ0v) is 16.3. The zero-order valence-electron chi connectivity index (χ0n) is 16.3. The molecule has 5 nitrogen and oxygen atoms in total. The molecule has 0 unspecified atom stereocenters. The van der Waals surface area contributed by atoms with Crippen LogP contribution >= 0.6 is 0 Å². The van der Waals surface area contributed by atoms with Crippen LogP contribution < -0.4 is 0 Å². The molecule has 0 saturated carbocycles. The lowest BCUT2D eigenvalue weighted by atomic mass is 9.98. The van der Waals surface area contributed by atoms with Crippen LogP contribution in [0, 0.1) is 23.3 Å². The molecule has 5 rings (SSSR count). The molecule has 9 heteroatoms. The third-order valence-corrected chi connectivity index (χ3v) is 5.65. The van der Waals surface area contributed by atoms with Crippen molar-refractivity contribution in [2.75, 3.05) is 6.54 Å². The summed E-state index contributed by atoms with van der Waals surface area (Å²) in [5.74, 6) is -4.77. The summed E-state index contributed by atoms with van der Waals surface area (Å²) in [7, 11) is 1.63. The maximum absolute atomic E-state index is 13.9. The van der Waals surface area contributed by atoms with Crippen molar-refractivity contribution >= 4 is 16.8 Å². The number of aromatic nitrogens is 3. The number of fused-ring (bicyclic) bond motifs is 2. The van der Waals surface area contributed by atoms with Gasteiger partial charge in [0.05, 0.1) is 23.4 Å². The molecule has 158 valence electrons. The van der Waals surface area contributed by atoms with E-state index in [0.29, 0.717) is 35.3 Å². The van der Waals surface area contributed by atoms with E-state index in [9.17, 15) is 22.4 Å². The molecule has 31 heavy (non-hydrogen) atoms. The normalized spacial score (nSPS) is 13.6. The number of benzene rings is 2. The van der Waals surface area contributed by atoms with E-state index >= 15 is 0 Å². The molecule has 0 aliphatic carbocycles. The van der Waals surface area contributed by atoms with Crippen LogP contribution in [0.25, 0.3) is 22.2 Å². The van der Waals surface area contributed by atoms with Crippen molar-refractivity contribution in [1.29, 1.82) is 0 Å². The Morgan fingerprint density at radius 3 is 2.55 bits per heavy atom. The van der Waals surface area contributed by atoms with E-state index in [1.54, 1.807) is 24.2 Å². The average molecular weight is 428 g/mol. The fourth-order valence-corrected chi connectivity index (χ4v) is 4.22. The molecule has 2 aromatic heterocycles.